The Balaban J connectivity index is 0.00000144. The summed E-state index contributed by atoms with van der Waals surface area (Å²) in [7, 11) is 0. The van der Waals surface area contributed by atoms with E-state index in [1.165, 1.54) is 12.8 Å². The number of thioether (sulfide) groups is 1. The molecular weight excluding hydrogens is 256 g/mol. The van der Waals surface area contributed by atoms with E-state index in [-0.39, 0.29) is 18.3 Å². The zero-order valence-corrected chi connectivity index (χ0v) is 11.9. The van der Waals surface area contributed by atoms with Crippen LogP contribution in [-0.2, 0) is 4.79 Å². The van der Waals surface area contributed by atoms with Gasteiger partial charge < -0.3 is 10.6 Å². The Morgan fingerprint density at radius 1 is 1.29 bits per heavy atom. The average Bonchev–Trinajstić information content (AvgIpc) is 2.38. The third kappa shape index (κ3) is 5.06. The van der Waals surface area contributed by atoms with E-state index < -0.39 is 0 Å². The molecule has 2 aliphatic rings. The Kier molecular flexibility index (Phi) is 7.32. The van der Waals surface area contributed by atoms with Gasteiger partial charge in [-0.1, -0.05) is 0 Å². The van der Waals surface area contributed by atoms with Gasteiger partial charge in [0.15, 0.2) is 0 Å². The second kappa shape index (κ2) is 8.22. The van der Waals surface area contributed by atoms with Crippen LogP contribution < -0.4 is 10.6 Å². The van der Waals surface area contributed by atoms with Gasteiger partial charge in [-0.05, 0) is 56.2 Å². The molecule has 2 N–H and O–H groups in total. The van der Waals surface area contributed by atoms with Gasteiger partial charge in [-0.2, -0.15) is 11.8 Å². The Bertz CT molecular complexity index is 229. The van der Waals surface area contributed by atoms with Crippen LogP contribution in [0.2, 0.25) is 0 Å². The summed E-state index contributed by atoms with van der Waals surface area (Å²) < 4.78 is 0. The third-order valence-corrected chi connectivity index (χ3v) is 4.60. The van der Waals surface area contributed by atoms with E-state index in [0.29, 0.717) is 11.8 Å². The number of hydrogen-bond acceptors (Lipinski definition) is 3. The lowest BCUT2D eigenvalue weighted by molar-refractivity contribution is -0.125. The topological polar surface area (TPSA) is 41.1 Å². The van der Waals surface area contributed by atoms with Crippen LogP contribution in [0.1, 0.15) is 25.7 Å². The molecule has 1 unspecified atom stereocenters. The highest BCUT2D eigenvalue weighted by Crippen LogP contribution is 2.22. The SMILES string of the molecule is Cl.O=C(NCC1CCCNC1)C1CCSCC1. The van der Waals surface area contributed by atoms with Crippen molar-refractivity contribution in [3.05, 3.63) is 0 Å². The highest BCUT2D eigenvalue weighted by atomic mass is 35.5. The van der Waals surface area contributed by atoms with Crippen LogP contribution in [0.3, 0.4) is 0 Å². The lowest BCUT2D eigenvalue weighted by Crippen LogP contribution is -2.40. The first-order chi connectivity index (χ1) is 7.86. The number of hydrogen-bond donors (Lipinski definition) is 2. The minimum absolute atomic E-state index is 0. The van der Waals surface area contributed by atoms with Crippen molar-refractivity contribution in [1.82, 2.24) is 10.6 Å². The first-order valence-corrected chi connectivity index (χ1v) is 7.58. The fraction of sp³-hybridized carbons (Fsp3) is 0.917. The number of carbonyl (C=O) groups excluding carboxylic acids is 1. The molecule has 5 heteroatoms. The van der Waals surface area contributed by atoms with Crippen molar-refractivity contribution in [2.24, 2.45) is 11.8 Å². The minimum Gasteiger partial charge on any atom is -0.356 e. The Morgan fingerprint density at radius 3 is 2.71 bits per heavy atom. The summed E-state index contributed by atoms with van der Waals surface area (Å²) in [6.07, 6.45) is 4.65. The fourth-order valence-electron chi connectivity index (χ4n) is 2.45. The summed E-state index contributed by atoms with van der Waals surface area (Å²) in [6, 6.07) is 0. The maximum absolute atomic E-state index is 11.9. The zero-order valence-electron chi connectivity index (χ0n) is 10.2. The second-order valence-corrected chi connectivity index (χ2v) is 6.07. The lowest BCUT2D eigenvalue weighted by atomic mass is 9.98. The molecule has 2 rings (SSSR count). The Morgan fingerprint density at radius 2 is 2.06 bits per heavy atom. The van der Waals surface area contributed by atoms with Crippen molar-refractivity contribution in [2.45, 2.75) is 25.7 Å². The molecule has 0 aliphatic carbocycles. The Hall–Kier alpha value is 0.0700. The van der Waals surface area contributed by atoms with Gasteiger partial charge >= 0.3 is 0 Å². The summed E-state index contributed by atoms with van der Waals surface area (Å²) in [6.45, 7) is 3.08. The summed E-state index contributed by atoms with van der Waals surface area (Å²) in [5, 5.41) is 6.52. The first-order valence-electron chi connectivity index (χ1n) is 6.42. The van der Waals surface area contributed by atoms with E-state index in [4.69, 9.17) is 0 Å². The molecule has 2 saturated heterocycles. The summed E-state index contributed by atoms with van der Waals surface area (Å²) in [4.78, 5) is 11.9. The number of rotatable bonds is 3. The number of carbonyl (C=O) groups is 1. The van der Waals surface area contributed by atoms with E-state index in [0.717, 1.165) is 44.0 Å². The van der Waals surface area contributed by atoms with E-state index in [9.17, 15) is 4.79 Å². The molecule has 1 atom stereocenters. The van der Waals surface area contributed by atoms with E-state index in [1.807, 2.05) is 11.8 Å². The van der Waals surface area contributed by atoms with Crippen molar-refractivity contribution in [2.75, 3.05) is 31.1 Å². The molecule has 0 bridgehead atoms. The van der Waals surface area contributed by atoms with E-state index in [1.54, 1.807) is 0 Å². The van der Waals surface area contributed by atoms with Crippen molar-refractivity contribution in [1.29, 1.82) is 0 Å². The molecule has 0 radical (unpaired) electrons. The van der Waals surface area contributed by atoms with E-state index >= 15 is 0 Å². The molecular formula is C12H23ClN2OS. The van der Waals surface area contributed by atoms with Crippen molar-refractivity contribution >= 4 is 30.1 Å². The Labute approximate surface area is 114 Å². The standard InChI is InChI=1S/C12H22N2OS.ClH/c15-12(11-3-6-16-7-4-11)14-9-10-2-1-5-13-8-10;/h10-11,13H,1-9H2,(H,14,15);1H. The third-order valence-electron chi connectivity index (χ3n) is 3.56. The number of nitrogens with one attached hydrogen (secondary N) is 2. The predicted octanol–water partition coefficient (Wildman–Crippen LogP) is 1.67. The van der Waals surface area contributed by atoms with Gasteiger partial charge in [0.25, 0.3) is 0 Å². The van der Waals surface area contributed by atoms with Gasteiger partial charge in [0.05, 0.1) is 0 Å². The van der Waals surface area contributed by atoms with Gasteiger partial charge in [-0.3, -0.25) is 4.79 Å². The normalized spacial score (nSPS) is 26.0. The van der Waals surface area contributed by atoms with Crippen LogP contribution >= 0.6 is 24.2 Å². The lowest BCUT2D eigenvalue weighted by Gasteiger charge is -2.25. The molecule has 0 aromatic rings. The molecule has 3 nitrogen and oxygen atoms in total. The predicted molar refractivity (Wildman–Crippen MR) is 75.9 cm³/mol. The number of amides is 1. The van der Waals surface area contributed by atoms with Crippen LogP contribution in [-0.4, -0.2) is 37.0 Å². The van der Waals surface area contributed by atoms with Gasteiger partial charge in [-0.15, -0.1) is 12.4 Å². The van der Waals surface area contributed by atoms with Crippen molar-refractivity contribution in [3.8, 4) is 0 Å². The molecule has 0 aromatic heterocycles. The molecule has 17 heavy (non-hydrogen) atoms. The monoisotopic (exact) mass is 278 g/mol. The molecule has 0 aromatic carbocycles. The molecule has 2 fully saturated rings. The summed E-state index contributed by atoms with van der Waals surface area (Å²) in [5.74, 6) is 3.55. The maximum atomic E-state index is 11.9. The molecule has 1 amide bonds. The van der Waals surface area contributed by atoms with Gasteiger partial charge in [0, 0.05) is 12.5 Å². The smallest absolute Gasteiger partial charge is 0.223 e. The van der Waals surface area contributed by atoms with Gasteiger partial charge in [0.2, 0.25) is 5.91 Å². The van der Waals surface area contributed by atoms with Crippen molar-refractivity contribution < 1.29 is 4.79 Å². The summed E-state index contributed by atoms with van der Waals surface area (Å²) >= 11 is 1.97. The van der Waals surface area contributed by atoms with E-state index in [2.05, 4.69) is 10.6 Å². The van der Waals surface area contributed by atoms with Crippen LogP contribution in [0, 0.1) is 11.8 Å². The zero-order chi connectivity index (χ0) is 11.2. The first kappa shape index (κ1) is 15.1. The maximum Gasteiger partial charge on any atom is 0.223 e. The molecule has 100 valence electrons. The fourth-order valence-corrected chi connectivity index (χ4v) is 3.55. The quantitative estimate of drug-likeness (QED) is 0.825. The van der Waals surface area contributed by atoms with Crippen LogP contribution in [0.25, 0.3) is 0 Å². The van der Waals surface area contributed by atoms with Gasteiger partial charge in [0.1, 0.15) is 0 Å². The molecule has 0 spiro atoms. The second-order valence-electron chi connectivity index (χ2n) is 4.84. The molecule has 0 saturated carbocycles. The highest BCUT2D eigenvalue weighted by molar-refractivity contribution is 7.99. The molecule has 2 aliphatic heterocycles. The van der Waals surface area contributed by atoms with Crippen LogP contribution in [0.5, 0.6) is 0 Å². The van der Waals surface area contributed by atoms with Crippen LogP contribution in [0.15, 0.2) is 0 Å². The minimum atomic E-state index is 0. The van der Waals surface area contributed by atoms with Crippen LogP contribution in [0.4, 0.5) is 0 Å². The average molecular weight is 279 g/mol. The molecule has 2 heterocycles. The number of halogens is 1. The number of piperidine rings is 1. The largest absolute Gasteiger partial charge is 0.356 e. The van der Waals surface area contributed by atoms with Crippen molar-refractivity contribution in [3.63, 3.8) is 0 Å². The van der Waals surface area contributed by atoms with Gasteiger partial charge in [-0.25, -0.2) is 0 Å². The highest BCUT2D eigenvalue weighted by Gasteiger charge is 2.22. The summed E-state index contributed by atoms with van der Waals surface area (Å²) in [5.41, 5.74) is 0.